The van der Waals surface area contributed by atoms with E-state index < -0.39 is 0 Å². The van der Waals surface area contributed by atoms with E-state index in [1.54, 1.807) is 11.8 Å². The van der Waals surface area contributed by atoms with Crippen molar-refractivity contribution in [3.63, 3.8) is 0 Å². The lowest BCUT2D eigenvalue weighted by Crippen LogP contribution is -2.43. The third-order valence-electron chi connectivity index (χ3n) is 4.49. The Balaban J connectivity index is 1.92. The smallest absolute Gasteiger partial charge is 0.241 e. The first-order chi connectivity index (χ1) is 13.5. The predicted molar refractivity (Wildman–Crippen MR) is 118 cm³/mol. The highest BCUT2D eigenvalue weighted by atomic mass is 32.2. The molecule has 1 unspecified atom stereocenters. The minimum absolute atomic E-state index is 0.0433. The van der Waals surface area contributed by atoms with Crippen molar-refractivity contribution in [2.45, 2.75) is 37.6 Å². The zero-order valence-electron chi connectivity index (χ0n) is 16.8. The van der Waals surface area contributed by atoms with Crippen LogP contribution in [0.15, 0.2) is 59.5 Å². The quantitative estimate of drug-likeness (QED) is 0.579. The van der Waals surface area contributed by atoms with Gasteiger partial charge in [-0.05, 0) is 50.4 Å². The monoisotopic (exact) mass is 399 g/mol. The van der Waals surface area contributed by atoms with Crippen LogP contribution in [-0.4, -0.2) is 42.1 Å². The van der Waals surface area contributed by atoms with Crippen LogP contribution in [0.25, 0.3) is 0 Å². The third-order valence-corrected chi connectivity index (χ3v) is 5.28. The van der Waals surface area contributed by atoms with Crippen LogP contribution in [0.1, 0.15) is 26.7 Å². The van der Waals surface area contributed by atoms with Gasteiger partial charge >= 0.3 is 0 Å². The number of benzene rings is 2. The van der Waals surface area contributed by atoms with Crippen LogP contribution in [0.3, 0.4) is 0 Å². The average Bonchev–Trinajstić information content (AvgIpc) is 2.71. The van der Waals surface area contributed by atoms with Crippen LogP contribution < -0.4 is 10.6 Å². The molecule has 2 amide bonds. The minimum Gasteiger partial charge on any atom is -0.325 e. The molecule has 2 aromatic carbocycles. The molecule has 0 aliphatic carbocycles. The van der Waals surface area contributed by atoms with Crippen LogP contribution in [0.5, 0.6) is 0 Å². The minimum atomic E-state index is -0.313. The van der Waals surface area contributed by atoms with Gasteiger partial charge in [-0.25, -0.2) is 0 Å². The summed E-state index contributed by atoms with van der Waals surface area (Å²) in [7, 11) is 0. The van der Waals surface area contributed by atoms with E-state index in [1.165, 1.54) is 0 Å². The van der Waals surface area contributed by atoms with E-state index in [2.05, 4.69) is 22.5 Å². The molecule has 0 bridgehead atoms. The summed E-state index contributed by atoms with van der Waals surface area (Å²) in [5.41, 5.74) is 1.61. The fraction of sp³-hybridized carbons (Fsp3) is 0.364. The number of nitrogens with one attached hydrogen (secondary N) is 2. The summed E-state index contributed by atoms with van der Waals surface area (Å²) in [4.78, 5) is 28.1. The number of rotatable bonds is 10. The number of carbonyl (C=O) groups excluding carboxylic acids is 2. The molecule has 2 aromatic rings. The lowest BCUT2D eigenvalue weighted by atomic mass is 10.2. The van der Waals surface area contributed by atoms with Crippen LogP contribution >= 0.6 is 11.8 Å². The Morgan fingerprint density at radius 1 is 1.00 bits per heavy atom. The molecule has 0 radical (unpaired) electrons. The lowest BCUT2D eigenvalue weighted by molar-refractivity contribution is -0.122. The van der Waals surface area contributed by atoms with Gasteiger partial charge in [-0.2, -0.15) is 0 Å². The highest BCUT2D eigenvalue weighted by Gasteiger charge is 2.21. The summed E-state index contributed by atoms with van der Waals surface area (Å²) in [6.07, 6.45) is 3.24. The Morgan fingerprint density at radius 2 is 1.68 bits per heavy atom. The molecule has 6 heteroatoms. The van der Waals surface area contributed by atoms with Crippen molar-refractivity contribution in [1.82, 2.24) is 4.90 Å². The van der Waals surface area contributed by atoms with E-state index in [9.17, 15) is 9.59 Å². The van der Waals surface area contributed by atoms with Gasteiger partial charge in [0.15, 0.2) is 0 Å². The Morgan fingerprint density at radius 3 is 2.36 bits per heavy atom. The van der Waals surface area contributed by atoms with Gasteiger partial charge in [0.25, 0.3) is 0 Å². The van der Waals surface area contributed by atoms with E-state index in [0.29, 0.717) is 13.0 Å². The van der Waals surface area contributed by atoms with Gasteiger partial charge in [0.1, 0.15) is 0 Å². The fourth-order valence-electron chi connectivity index (χ4n) is 2.93. The van der Waals surface area contributed by atoms with Crippen LogP contribution in [-0.2, 0) is 9.59 Å². The zero-order chi connectivity index (χ0) is 20.4. The predicted octanol–water partition coefficient (Wildman–Crippen LogP) is 4.48. The molecule has 2 N–H and O–H groups in total. The van der Waals surface area contributed by atoms with Gasteiger partial charge in [0.2, 0.25) is 11.8 Å². The van der Waals surface area contributed by atoms with E-state index in [1.807, 2.05) is 67.8 Å². The first-order valence-electron chi connectivity index (χ1n) is 9.58. The normalized spacial score (nSPS) is 11.9. The van der Waals surface area contributed by atoms with Crippen molar-refractivity contribution < 1.29 is 9.59 Å². The molecule has 0 aliphatic heterocycles. The highest BCUT2D eigenvalue weighted by molar-refractivity contribution is 7.98. The molecule has 0 saturated carbocycles. The largest absolute Gasteiger partial charge is 0.325 e. The van der Waals surface area contributed by atoms with Gasteiger partial charge in [-0.15, -0.1) is 11.8 Å². The van der Waals surface area contributed by atoms with Gasteiger partial charge in [0.05, 0.1) is 11.7 Å². The Hall–Kier alpha value is -2.31. The van der Waals surface area contributed by atoms with Gasteiger partial charge in [-0.1, -0.05) is 37.3 Å². The molecule has 2 rings (SSSR count). The molecule has 0 fully saturated rings. The lowest BCUT2D eigenvalue weighted by Gasteiger charge is -2.27. The van der Waals surface area contributed by atoms with E-state index >= 15 is 0 Å². The van der Waals surface area contributed by atoms with E-state index in [4.69, 9.17) is 0 Å². The second-order valence-electron chi connectivity index (χ2n) is 6.57. The molecule has 0 heterocycles. The highest BCUT2D eigenvalue weighted by Crippen LogP contribution is 2.24. The fourth-order valence-corrected chi connectivity index (χ4v) is 3.48. The number of amides is 2. The standard InChI is InChI=1S/C22H29N3O2S/c1-4-15-25(17(2)22(27)23-18-10-6-5-7-11-18)16-14-21(26)24-19-12-8-9-13-20(19)28-3/h5-13,17H,4,14-16H2,1-3H3,(H,23,27)(H,24,26). The van der Waals surface area contributed by atoms with Crippen molar-refractivity contribution in [2.75, 3.05) is 30.0 Å². The number of hydrogen-bond donors (Lipinski definition) is 2. The second-order valence-corrected chi connectivity index (χ2v) is 7.41. The average molecular weight is 400 g/mol. The van der Waals surface area contributed by atoms with Crippen molar-refractivity contribution in [3.8, 4) is 0 Å². The first kappa shape index (κ1) is 22.0. The van der Waals surface area contributed by atoms with Gasteiger partial charge in [0, 0.05) is 23.5 Å². The van der Waals surface area contributed by atoms with Crippen LogP contribution in [0.4, 0.5) is 11.4 Å². The molecule has 5 nitrogen and oxygen atoms in total. The number of carbonyl (C=O) groups is 2. The molecule has 0 aromatic heterocycles. The third kappa shape index (κ3) is 6.69. The molecule has 1 atom stereocenters. The molecular formula is C22H29N3O2S. The Kier molecular flexibility index (Phi) is 9.04. The molecule has 28 heavy (non-hydrogen) atoms. The van der Waals surface area contributed by atoms with Crippen molar-refractivity contribution in [3.05, 3.63) is 54.6 Å². The number of nitrogens with zero attached hydrogens (tertiary/aromatic N) is 1. The number of hydrogen-bond acceptors (Lipinski definition) is 4. The van der Waals surface area contributed by atoms with Gasteiger partial charge < -0.3 is 10.6 Å². The summed E-state index contributed by atoms with van der Waals surface area (Å²) < 4.78 is 0. The summed E-state index contributed by atoms with van der Waals surface area (Å²) >= 11 is 1.60. The number of thioether (sulfide) groups is 1. The van der Waals surface area contributed by atoms with Crippen molar-refractivity contribution >= 4 is 35.0 Å². The molecule has 150 valence electrons. The van der Waals surface area contributed by atoms with Gasteiger partial charge in [-0.3, -0.25) is 14.5 Å². The maximum atomic E-state index is 12.6. The maximum Gasteiger partial charge on any atom is 0.241 e. The van der Waals surface area contributed by atoms with Crippen LogP contribution in [0.2, 0.25) is 0 Å². The Labute approximate surface area is 171 Å². The molecule has 0 spiro atoms. The summed E-state index contributed by atoms with van der Waals surface area (Å²) in [5.74, 6) is -0.106. The molecule has 0 aliphatic rings. The first-order valence-corrected chi connectivity index (χ1v) is 10.8. The molecular weight excluding hydrogens is 370 g/mol. The van der Waals surface area contributed by atoms with Crippen molar-refractivity contribution in [1.29, 1.82) is 0 Å². The second kappa shape index (κ2) is 11.5. The zero-order valence-corrected chi connectivity index (χ0v) is 17.6. The summed E-state index contributed by atoms with van der Waals surface area (Å²) in [6.45, 7) is 5.25. The van der Waals surface area contributed by atoms with Crippen molar-refractivity contribution in [2.24, 2.45) is 0 Å². The molecule has 0 saturated heterocycles. The number of para-hydroxylation sites is 2. The summed E-state index contributed by atoms with van der Waals surface area (Å²) in [5, 5.41) is 5.92. The topological polar surface area (TPSA) is 61.4 Å². The summed E-state index contributed by atoms with van der Waals surface area (Å²) in [6, 6.07) is 16.9. The number of anilines is 2. The van der Waals surface area contributed by atoms with E-state index in [-0.39, 0.29) is 17.9 Å². The Bertz CT molecular complexity index is 767. The van der Waals surface area contributed by atoms with E-state index in [0.717, 1.165) is 29.2 Å². The van der Waals surface area contributed by atoms with Crippen LogP contribution in [0, 0.1) is 0 Å². The maximum absolute atomic E-state index is 12.6. The SMILES string of the molecule is CCCN(CCC(=O)Nc1ccccc1SC)C(C)C(=O)Nc1ccccc1.